The van der Waals surface area contributed by atoms with Crippen molar-refractivity contribution in [2.24, 2.45) is 0 Å². The van der Waals surface area contributed by atoms with E-state index in [2.05, 4.69) is 42.8 Å². The lowest BCUT2D eigenvalue weighted by molar-refractivity contribution is 0.488. The number of anilines is 2. The Morgan fingerprint density at radius 2 is 2.00 bits per heavy atom. The highest BCUT2D eigenvalue weighted by Gasteiger charge is 2.32. The lowest BCUT2D eigenvalue weighted by Gasteiger charge is -2.44. The van der Waals surface area contributed by atoms with Gasteiger partial charge < -0.3 is 9.80 Å². The smallest absolute Gasteiger partial charge is 0.147 e. The molecule has 0 amide bonds. The third kappa shape index (κ3) is 2.41. The normalized spacial score (nSPS) is 18.4. The van der Waals surface area contributed by atoms with Crippen molar-refractivity contribution >= 4 is 11.6 Å². The minimum absolute atomic E-state index is 0.467. The molecule has 0 radical (unpaired) electrons. The second-order valence-electron chi connectivity index (χ2n) is 5.81. The van der Waals surface area contributed by atoms with Crippen LogP contribution in [-0.4, -0.2) is 46.1 Å². The molecule has 21 heavy (non-hydrogen) atoms. The van der Waals surface area contributed by atoms with E-state index >= 15 is 0 Å². The van der Waals surface area contributed by atoms with Crippen LogP contribution in [0.4, 0.5) is 11.6 Å². The minimum atomic E-state index is 0.467. The molecule has 2 fully saturated rings. The fraction of sp³-hybridized carbons (Fsp3) is 0.467. The summed E-state index contributed by atoms with van der Waals surface area (Å²) in [4.78, 5) is 21.7. The molecule has 6 nitrogen and oxygen atoms in total. The van der Waals surface area contributed by atoms with Crippen LogP contribution in [0.15, 0.2) is 31.0 Å². The number of likely N-dealkylation sites (N-methyl/N-ethyl adjacent to an activating group) is 1. The predicted octanol–water partition coefficient (Wildman–Crippen LogP) is 1.47. The molecule has 0 atom stereocenters. The first-order valence-electron chi connectivity index (χ1n) is 7.37. The molecule has 0 aromatic carbocycles. The fourth-order valence-corrected chi connectivity index (χ4v) is 2.69. The average molecular weight is 282 g/mol. The van der Waals surface area contributed by atoms with E-state index in [0.29, 0.717) is 12.0 Å². The summed E-state index contributed by atoms with van der Waals surface area (Å²) in [6.45, 7) is 1.91. The summed E-state index contributed by atoms with van der Waals surface area (Å²) in [5.41, 5.74) is 1.19. The molecule has 4 rings (SSSR count). The number of aromatic nitrogens is 4. The van der Waals surface area contributed by atoms with Gasteiger partial charge in [0.2, 0.25) is 0 Å². The van der Waals surface area contributed by atoms with Crippen molar-refractivity contribution in [2.75, 3.05) is 29.9 Å². The zero-order valence-electron chi connectivity index (χ0n) is 12.1. The van der Waals surface area contributed by atoms with Crippen molar-refractivity contribution in [2.45, 2.75) is 24.8 Å². The maximum atomic E-state index is 4.42. The van der Waals surface area contributed by atoms with E-state index < -0.39 is 0 Å². The van der Waals surface area contributed by atoms with Crippen molar-refractivity contribution in [1.29, 1.82) is 0 Å². The summed E-state index contributed by atoms with van der Waals surface area (Å²) in [7, 11) is 2.11. The molecule has 108 valence electrons. The zero-order chi connectivity index (χ0) is 14.2. The Hall–Kier alpha value is -2.24. The molecule has 1 aliphatic carbocycles. The Bertz CT molecular complexity index is 621. The molecular formula is C15H18N6. The van der Waals surface area contributed by atoms with Crippen LogP contribution < -0.4 is 9.80 Å². The summed E-state index contributed by atoms with van der Waals surface area (Å²) < 4.78 is 0. The van der Waals surface area contributed by atoms with Gasteiger partial charge in [0.25, 0.3) is 0 Å². The molecule has 2 aromatic rings. The van der Waals surface area contributed by atoms with Crippen LogP contribution >= 0.6 is 0 Å². The van der Waals surface area contributed by atoms with Gasteiger partial charge in [0, 0.05) is 50.2 Å². The zero-order valence-corrected chi connectivity index (χ0v) is 12.1. The van der Waals surface area contributed by atoms with Crippen molar-refractivity contribution < 1.29 is 0 Å². The van der Waals surface area contributed by atoms with Gasteiger partial charge in [-0.25, -0.2) is 15.0 Å². The Kier molecular flexibility index (Phi) is 2.94. The number of hydrogen-bond donors (Lipinski definition) is 0. The summed E-state index contributed by atoms with van der Waals surface area (Å²) in [5.74, 6) is 2.64. The van der Waals surface area contributed by atoms with E-state index in [4.69, 9.17) is 0 Å². The van der Waals surface area contributed by atoms with E-state index in [-0.39, 0.29) is 0 Å². The molecular weight excluding hydrogens is 264 g/mol. The molecule has 1 saturated heterocycles. The molecule has 1 saturated carbocycles. The SMILES string of the molecule is CN(c1cc(C2CC2)ncn1)C1CN(c2cnccn2)C1. The Morgan fingerprint density at radius 3 is 2.71 bits per heavy atom. The van der Waals surface area contributed by atoms with Gasteiger partial charge in [-0.2, -0.15) is 0 Å². The van der Waals surface area contributed by atoms with E-state index in [0.717, 1.165) is 24.7 Å². The minimum Gasteiger partial charge on any atom is -0.353 e. The maximum absolute atomic E-state index is 4.42. The second-order valence-corrected chi connectivity index (χ2v) is 5.81. The monoisotopic (exact) mass is 282 g/mol. The first-order valence-corrected chi connectivity index (χ1v) is 7.37. The van der Waals surface area contributed by atoms with Gasteiger partial charge in [-0.05, 0) is 12.8 Å². The van der Waals surface area contributed by atoms with Crippen LogP contribution in [0.2, 0.25) is 0 Å². The first-order chi connectivity index (χ1) is 10.3. The predicted molar refractivity (Wildman–Crippen MR) is 80.4 cm³/mol. The van der Waals surface area contributed by atoms with Gasteiger partial charge in [0.1, 0.15) is 18.0 Å². The Morgan fingerprint density at radius 1 is 1.14 bits per heavy atom. The lowest BCUT2D eigenvalue weighted by Crippen LogP contribution is -2.59. The van der Waals surface area contributed by atoms with Crippen molar-refractivity contribution in [3.05, 3.63) is 36.7 Å². The molecule has 6 heteroatoms. The standard InChI is InChI=1S/C15H18N6/c1-20(14-6-13(11-2-3-11)18-10-19-14)12-8-21(9-12)15-7-16-4-5-17-15/h4-7,10-12H,2-3,8-9H2,1H3. The molecule has 3 heterocycles. The highest BCUT2D eigenvalue weighted by atomic mass is 15.3. The van der Waals surface area contributed by atoms with Gasteiger partial charge in [-0.15, -0.1) is 0 Å². The molecule has 0 spiro atoms. The quantitative estimate of drug-likeness (QED) is 0.846. The molecule has 0 unspecified atom stereocenters. The second kappa shape index (κ2) is 4.95. The van der Waals surface area contributed by atoms with Crippen LogP contribution in [-0.2, 0) is 0 Å². The molecule has 0 bridgehead atoms. The highest BCUT2D eigenvalue weighted by Crippen LogP contribution is 2.39. The van der Waals surface area contributed by atoms with E-state index in [1.165, 1.54) is 18.5 Å². The molecule has 2 aliphatic rings. The first kappa shape index (κ1) is 12.5. The highest BCUT2D eigenvalue weighted by molar-refractivity contribution is 5.47. The Labute approximate surface area is 123 Å². The summed E-state index contributed by atoms with van der Waals surface area (Å²) >= 11 is 0. The molecule has 1 aliphatic heterocycles. The largest absolute Gasteiger partial charge is 0.353 e. The van der Waals surface area contributed by atoms with Crippen LogP contribution in [0.1, 0.15) is 24.5 Å². The molecule has 2 aromatic heterocycles. The van der Waals surface area contributed by atoms with Crippen molar-refractivity contribution in [1.82, 2.24) is 19.9 Å². The number of nitrogens with zero attached hydrogens (tertiary/aromatic N) is 6. The van der Waals surface area contributed by atoms with Crippen molar-refractivity contribution in [3.63, 3.8) is 0 Å². The number of hydrogen-bond acceptors (Lipinski definition) is 6. The van der Waals surface area contributed by atoms with Gasteiger partial charge >= 0.3 is 0 Å². The third-order valence-electron chi connectivity index (χ3n) is 4.31. The van der Waals surface area contributed by atoms with E-state index in [9.17, 15) is 0 Å². The lowest BCUT2D eigenvalue weighted by atomic mass is 10.1. The fourth-order valence-electron chi connectivity index (χ4n) is 2.69. The topological polar surface area (TPSA) is 58.0 Å². The summed E-state index contributed by atoms with van der Waals surface area (Å²) in [5, 5.41) is 0. The van der Waals surface area contributed by atoms with Crippen LogP contribution in [0, 0.1) is 0 Å². The van der Waals surface area contributed by atoms with E-state index in [1.807, 2.05) is 6.20 Å². The van der Waals surface area contributed by atoms with E-state index in [1.54, 1.807) is 18.7 Å². The third-order valence-corrected chi connectivity index (χ3v) is 4.31. The van der Waals surface area contributed by atoms with Crippen LogP contribution in [0.25, 0.3) is 0 Å². The van der Waals surface area contributed by atoms with Gasteiger partial charge in [-0.1, -0.05) is 0 Å². The number of rotatable bonds is 4. The average Bonchev–Trinajstić information content (AvgIpc) is 3.31. The summed E-state index contributed by atoms with van der Waals surface area (Å²) in [6.07, 6.45) is 9.48. The summed E-state index contributed by atoms with van der Waals surface area (Å²) in [6, 6.07) is 2.61. The molecule has 0 N–H and O–H groups in total. The maximum Gasteiger partial charge on any atom is 0.147 e. The van der Waals surface area contributed by atoms with Crippen LogP contribution in [0.5, 0.6) is 0 Å². The van der Waals surface area contributed by atoms with Gasteiger partial charge in [-0.3, -0.25) is 4.98 Å². The van der Waals surface area contributed by atoms with Gasteiger partial charge in [0.15, 0.2) is 0 Å². The Balaban J connectivity index is 1.42. The van der Waals surface area contributed by atoms with Crippen molar-refractivity contribution in [3.8, 4) is 0 Å². The van der Waals surface area contributed by atoms with Crippen LogP contribution in [0.3, 0.4) is 0 Å². The van der Waals surface area contributed by atoms with Gasteiger partial charge in [0.05, 0.1) is 12.2 Å².